The standard InChI is InChI=1S/C25H28BrN5O5S2/c1-17-15-18(2)28-25(27-17)30-38(35,36)23-9-7-22(8-10-23)29-24(32)20-11-13-31(14-12-20)37(33,34)16-19-3-5-21(26)6-4-19/h3-10,15,20H,11-14,16H2,1-2H3,(H,29,32)(H,27,28,30). The van der Waals surface area contributed by atoms with Crippen LogP contribution in [0.5, 0.6) is 0 Å². The third-order valence-electron chi connectivity index (χ3n) is 6.12. The summed E-state index contributed by atoms with van der Waals surface area (Å²) in [6.07, 6.45) is 0.801. The van der Waals surface area contributed by atoms with Gasteiger partial charge in [0, 0.05) is 40.6 Å². The zero-order valence-electron chi connectivity index (χ0n) is 20.9. The molecule has 2 N–H and O–H groups in total. The van der Waals surface area contributed by atoms with Crippen LogP contribution in [0, 0.1) is 19.8 Å². The fourth-order valence-corrected chi connectivity index (χ4v) is 6.96. The van der Waals surface area contributed by atoms with Crippen molar-refractivity contribution in [1.29, 1.82) is 0 Å². The van der Waals surface area contributed by atoms with Crippen molar-refractivity contribution in [3.05, 3.63) is 76.0 Å². The summed E-state index contributed by atoms with van der Waals surface area (Å²) >= 11 is 3.34. The third kappa shape index (κ3) is 7.16. The van der Waals surface area contributed by atoms with E-state index in [0.717, 1.165) is 4.47 Å². The molecule has 0 unspecified atom stereocenters. The number of halogens is 1. The molecule has 1 aliphatic rings. The first kappa shape index (κ1) is 28.1. The summed E-state index contributed by atoms with van der Waals surface area (Å²) in [7, 11) is -7.40. The minimum atomic E-state index is -3.91. The van der Waals surface area contributed by atoms with E-state index in [1.54, 1.807) is 44.2 Å². The van der Waals surface area contributed by atoms with Gasteiger partial charge in [-0.1, -0.05) is 28.1 Å². The molecule has 38 heavy (non-hydrogen) atoms. The first-order valence-corrected chi connectivity index (χ1v) is 15.8. The van der Waals surface area contributed by atoms with Gasteiger partial charge >= 0.3 is 0 Å². The number of carbonyl (C=O) groups is 1. The van der Waals surface area contributed by atoms with Gasteiger partial charge in [0.15, 0.2) is 0 Å². The highest BCUT2D eigenvalue weighted by Gasteiger charge is 2.31. The van der Waals surface area contributed by atoms with Crippen LogP contribution in [0.25, 0.3) is 0 Å². The lowest BCUT2D eigenvalue weighted by molar-refractivity contribution is -0.120. The van der Waals surface area contributed by atoms with Crippen molar-refractivity contribution in [3.8, 4) is 0 Å². The Balaban J connectivity index is 1.32. The van der Waals surface area contributed by atoms with Gasteiger partial charge in [-0.05, 0) is 74.7 Å². The molecule has 0 saturated carbocycles. The van der Waals surface area contributed by atoms with Crippen molar-refractivity contribution in [2.45, 2.75) is 37.3 Å². The Labute approximate surface area is 231 Å². The molecular formula is C25H28BrN5O5S2. The fraction of sp³-hybridized carbons (Fsp3) is 0.320. The topological polar surface area (TPSA) is 138 Å². The van der Waals surface area contributed by atoms with Crippen molar-refractivity contribution >= 4 is 53.5 Å². The number of piperidine rings is 1. The number of hydrogen-bond acceptors (Lipinski definition) is 7. The van der Waals surface area contributed by atoms with Crippen LogP contribution in [0.1, 0.15) is 29.8 Å². The number of amides is 1. The number of anilines is 2. The molecule has 0 radical (unpaired) electrons. The van der Waals surface area contributed by atoms with Gasteiger partial charge < -0.3 is 5.32 Å². The normalized spacial score (nSPS) is 15.2. The molecule has 1 fully saturated rings. The highest BCUT2D eigenvalue weighted by atomic mass is 79.9. The summed E-state index contributed by atoms with van der Waals surface area (Å²) in [5.41, 5.74) is 2.43. The molecule has 0 atom stereocenters. The molecule has 1 aromatic heterocycles. The molecule has 3 aromatic rings. The Morgan fingerprint density at radius 1 is 0.947 bits per heavy atom. The SMILES string of the molecule is Cc1cc(C)nc(NS(=O)(=O)c2ccc(NC(=O)C3CCN(S(=O)(=O)Cc4ccc(Br)cc4)CC3)cc2)n1. The zero-order valence-corrected chi connectivity index (χ0v) is 24.1. The third-order valence-corrected chi connectivity index (χ3v) is 9.84. The van der Waals surface area contributed by atoms with Gasteiger partial charge in [-0.3, -0.25) is 4.79 Å². The second-order valence-electron chi connectivity index (χ2n) is 9.15. The van der Waals surface area contributed by atoms with Crippen LogP contribution in [-0.4, -0.2) is 50.1 Å². The van der Waals surface area contributed by atoms with Gasteiger partial charge in [0.2, 0.25) is 21.9 Å². The summed E-state index contributed by atoms with van der Waals surface area (Å²) in [6, 6.07) is 14.7. The minimum Gasteiger partial charge on any atom is -0.326 e. The lowest BCUT2D eigenvalue weighted by Gasteiger charge is -2.30. The quantitative estimate of drug-likeness (QED) is 0.389. The largest absolute Gasteiger partial charge is 0.326 e. The van der Waals surface area contributed by atoms with Gasteiger partial charge in [-0.2, -0.15) is 0 Å². The number of aromatic nitrogens is 2. The van der Waals surface area contributed by atoms with Crippen LogP contribution in [0.4, 0.5) is 11.6 Å². The first-order valence-electron chi connectivity index (χ1n) is 11.9. The Morgan fingerprint density at radius 2 is 1.53 bits per heavy atom. The second-order valence-corrected chi connectivity index (χ2v) is 13.7. The molecule has 1 aliphatic heterocycles. The van der Waals surface area contributed by atoms with Gasteiger partial charge in [0.25, 0.3) is 10.0 Å². The van der Waals surface area contributed by atoms with Crippen molar-refractivity contribution in [2.24, 2.45) is 5.92 Å². The maximum atomic E-state index is 12.8. The van der Waals surface area contributed by atoms with Crippen LogP contribution >= 0.6 is 15.9 Å². The van der Waals surface area contributed by atoms with Gasteiger partial charge in [-0.15, -0.1) is 0 Å². The van der Waals surface area contributed by atoms with Gasteiger partial charge in [0.1, 0.15) is 0 Å². The van der Waals surface area contributed by atoms with E-state index in [-0.39, 0.29) is 41.5 Å². The van der Waals surface area contributed by atoms with Crippen LogP contribution in [0.2, 0.25) is 0 Å². The minimum absolute atomic E-state index is 0.00236. The van der Waals surface area contributed by atoms with Gasteiger partial charge in [-0.25, -0.2) is 35.8 Å². The molecular weight excluding hydrogens is 594 g/mol. The van der Waals surface area contributed by atoms with Crippen molar-refractivity contribution in [2.75, 3.05) is 23.1 Å². The van der Waals surface area contributed by atoms with E-state index in [1.807, 2.05) is 0 Å². The van der Waals surface area contributed by atoms with Crippen LogP contribution in [-0.2, 0) is 30.6 Å². The average molecular weight is 623 g/mol. The number of nitrogens with zero attached hydrogens (tertiary/aromatic N) is 3. The number of nitrogens with one attached hydrogen (secondary N) is 2. The number of benzene rings is 2. The predicted molar refractivity (Wildman–Crippen MR) is 148 cm³/mol. The molecule has 13 heteroatoms. The van der Waals surface area contributed by atoms with Crippen molar-refractivity contribution in [1.82, 2.24) is 14.3 Å². The van der Waals surface area contributed by atoms with Crippen LogP contribution in [0.3, 0.4) is 0 Å². The lowest BCUT2D eigenvalue weighted by Crippen LogP contribution is -2.41. The highest BCUT2D eigenvalue weighted by molar-refractivity contribution is 9.10. The first-order chi connectivity index (χ1) is 17.9. The zero-order chi connectivity index (χ0) is 27.5. The molecule has 1 amide bonds. The van der Waals surface area contributed by atoms with Gasteiger partial charge in [0.05, 0.1) is 10.6 Å². The van der Waals surface area contributed by atoms with E-state index < -0.39 is 20.0 Å². The molecule has 4 rings (SSSR count). The molecule has 2 aromatic carbocycles. The van der Waals surface area contributed by atoms with E-state index in [1.165, 1.54) is 28.6 Å². The second kappa shape index (κ2) is 11.5. The number of rotatable bonds is 8. The van der Waals surface area contributed by atoms with Crippen LogP contribution in [0.15, 0.2) is 64.0 Å². The average Bonchev–Trinajstić information content (AvgIpc) is 2.85. The summed E-state index contributed by atoms with van der Waals surface area (Å²) < 4.78 is 55.8. The lowest BCUT2D eigenvalue weighted by atomic mass is 9.97. The summed E-state index contributed by atoms with van der Waals surface area (Å²) in [5, 5.41) is 2.80. The molecule has 202 valence electrons. The smallest absolute Gasteiger partial charge is 0.264 e. The molecule has 1 saturated heterocycles. The Kier molecular flexibility index (Phi) is 8.50. The molecule has 0 aliphatic carbocycles. The van der Waals surface area contributed by atoms with Crippen molar-refractivity contribution in [3.63, 3.8) is 0 Å². The maximum absolute atomic E-state index is 12.8. The molecule has 2 heterocycles. The van der Waals surface area contributed by atoms with Crippen LogP contribution < -0.4 is 10.0 Å². The number of aryl methyl sites for hydroxylation is 2. The Bertz CT molecular complexity index is 1500. The number of sulfonamides is 2. The number of carbonyl (C=O) groups excluding carboxylic acids is 1. The Hall–Kier alpha value is -2.87. The molecule has 10 nitrogen and oxygen atoms in total. The molecule has 0 spiro atoms. The van der Waals surface area contributed by atoms with E-state index in [2.05, 4.69) is 35.9 Å². The fourth-order valence-electron chi connectivity index (χ4n) is 4.19. The summed E-state index contributed by atoms with van der Waals surface area (Å²) in [6.45, 7) is 4.02. The van der Waals surface area contributed by atoms with E-state index >= 15 is 0 Å². The van der Waals surface area contributed by atoms with E-state index in [9.17, 15) is 21.6 Å². The molecule has 0 bridgehead atoms. The maximum Gasteiger partial charge on any atom is 0.264 e. The summed E-state index contributed by atoms with van der Waals surface area (Å²) in [4.78, 5) is 21.0. The monoisotopic (exact) mass is 621 g/mol. The van der Waals surface area contributed by atoms with E-state index in [0.29, 0.717) is 35.5 Å². The van der Waals surface area contributed by atoms with E-state index in [4.69, 9.17) is 0 Å². The Morgan fingerprint density at radius 3 is 2.11 bits per heavy atom. The highest BCUT2D eigenvalue weighted by Crippen LogP contribution is 2.24. The number of hydrogen-bond donors (Lipinski definition) is 2. The van der Waals surface area contributed by atoms with Crippen molar-refractivity contribution < 1.29 is 21.6 Å². The predicted octanol–water partition coefficient (Wildman–Crippen LogP) is 3.84. The summed E-state index contributed by atoms with van der Waals surface area (Å²) in [5.74, 6) is -0.671.